The van der Waals surface area contributed by atoms with Crippen molar-refractivity contribution < 1.29 is 9.59 Å². The molecule has 1 fully saturated rings. The van der Waals surface area contributed by atoms with Gasteiger partial charge in [-0.05, 0) is 46.1 Å². The number of Topliss-reactive ketones (excluding diaryl/α,β-unsaturated/α-hetero) is 1. The minimum absolute atomic E-state index is 0.0457. The van der Waals surface area contributed by atoms with Crippen LogP contribution in [0.25, 0.3) is 0 Å². The van der Waals surface area contributed by atoms with E-state index in [1.807, 2.05) is 6.92 Å². The highest BCUT2D eigenvalue weighted by Crippen LogP contribution is 2.43. The fraction of sp³-hybridized carbons (Fsp3) is 0.636. The van der Waals surface area contributed by atoms with Gasteiger partial charge in [-0.2, -0.15) is 0 Å². The van der Waals surface area contributed by atoms with E-state index in [1.165, 1.54) is 6.92 Å². The van der Waals surface area contributed by atoms with Crippen molar-refractivity contribution in [1.82, 2.24) is 0 Å². The molecule has 1 unspecified atom stereocenters. The zero-order chi connectivity index (χ0) is 10.1. The summed E-state index contributed by atoms with van der Waals surface area (Å²) in [6, 6.07) is 0. The van der Waals surface area contributed by atoms with E-state index in [0.29, 0.717) is 0 Å². The fourth-order valence-corrected chi connectivity index (χ4v) is 1.95. The van der Waals surface area contributed by atoms with Gasteiger partial charge in [-0.1, -0.05) is 5.57 Å². The fourth-order valence-electron chi connectivity index (χ4n) is 1.95. The number of hydrogen-bond donors (Lipinski definition) is 0. The zero-order valence-electron chi connectivity index (χ0n) is 8.52. The molecular formula is C11H16O2. The Morgan fingerprint density at radius 2 is 2.00 bits per heavy atom. The van der Waals surface area contributed by atoms with E-state index in [4.69, 9.17) is 0 Å². The van der Waals surface area contributed by atoms with Crippen LogP contribution in [-0.2, 0) is 9.59 Å². The number of hydrogen-bond acceptors (Lipinski definition) is 2. The second-order valence-corrected chi connectivity index (χ2v) is 4.02. The summed E-state index contributed by atoms with van der Waals surface area (Å²) in [5.74, 6) is 0.224. The van der Waals surface area contributed by atoms with E-state index >= 15 is 0 Å². The molecule has 72 valence electrons. The topological polar surface area (TPSA) is 34.1 Å². The normalized spacial score (nSPS) is 30.8. The predicted octanol–water partition coefficient (Wildman–Crippen LogP) is 2.28. The minimum Gasteiger partial charge on any atom is -0.299 e. The van der Waals surface area contributed by atoms with Gasteiger partial charge in [0.2, 0.25) is 0 Å². The van der Waals surface area contributed by atoms with E-state index in [-0.39, 0.29) is 17.0 Å². The average molecular weight is 180 g/mol. The summed E-state index contributed by atoms with van der Waals surface area (Å²) >= 11 is 0. The Hall–Kier alpha value is -0.920. The lowest BCUT2D eigenvalue weighted by Crippen LogP contribution is -2.23. The molecule has 2 heteroatoms. The van der Waals surface area contributed by atoms with Crippen LogP contribution in [0.3, 0.4) is 0 Å². The lowest BCUT2D eigenvalue weighted by atomic mass is 9.80. The molecule has 0 aromatic carbocycles. The van der Waals surface area contributed by atoms with E-state index in [2.05, 4.69) is 0 Å². The number of carbonyl (C=O) groups is 2. The first-order chi connectivity index (χ1) is 5.97. The number of carbonyl (C=O) groups excluding carboxylic acids is 2. The van der Waals surface area contributed by atoms with Gasteiger partial charge in [0.15, 0.2) is 5.78 Å². The van der Waals surface area contributed by atoms with Crippen molar-refractivity contribution in [3.63, 3.8) is 0 Å². The monoisotopic (exact) mass is 180 g/mol. The quantitative estimate of drug-likeness (QED) is 0.611. The third-order valence-electron chi connectivity index (χ3n) is 2.99. The Labute approximate surface area is 79.0 Å². The van der Waals surface area contributed by atoms with Gasteiger partial charge < -0.3 is 0 Å². The third-order valence-corrected chi connectivity index (χ3v) is 2.99. The molecular weight excluding hydrogens is 164 g/mol. The lowest BCUT2D eigenvalue weighted by molar-refractivity contribution is -0.123. The van der Waals surface area contributed by atoms with Crippen molar-refractivity contribution in [2.75, 3.05) is 0 Å². The Balaban J connectivity index is 2.99. The van der Waals surface area contributed by atoms with Crippen LogP contribution in [0, 0.1) is 5.41 Å². The molecule has 13 heavy (non-hydrogen) atoms. The van der Waals surface area contributed by atoms with Gasteiger partial charge in [-0.3, -0.25) is 9.59 Å². The van der Waals surface area contributed by atoms with Crippen LogP contribution < -0.4 is 0 Å². The molecule has 0 aliphatic heterocycles. The van der Waals surface area contributed by atoms with Gasteiger partial charge in [0.1, 0.15) is 5.78 Å². The molecule has 0 aromatic heterocycles. The van der Waals surface area contributed by atoms with Crippen molar-refractivity contribution in [2.24, 2.45) is 5.41 Å². The summed E-state index contributed by atoms with van der Waals surface area (Å²) in [4.78, 5) is 22.3. The molecule has 1 rings (SSSR count). The largest absolute Gasteiger partial charge is 0.299 e. The first-order valence-corrected chi connectivity index (χ1v) is 4.69. The molecule has 0 bridgehead atoms. The molecule has 1 saturated carbocycles. The highest BCUT2D eigenvalue weighted by atomic mass is 16.1. The Kier molecular flexibility index (Phi) is 2.69. The molecule has 1 atom stereocenters. The molecule has 0 spiro atoms. The number of rotatable bonds is 2. The standard InChI is InChI=1S/C11H16O2/c1-8(12)7-10-5-4-6-11(10,3)9(2)13/h7H,4-6H2,1-3H3/b10-7-. The molecule has 0 radical (unpaired) electrons. The zero-order valence-corrected chi connectivity index (χ0v) is 8.52. The van der Waals surface area contributed by atoms with E-state index in [1.54, 1.807) is 13.0 Å². The second kappa shape index (κ2) is 3.44. The summed E-state index contributed by atoms with van der Waals surface area (Å²) in [5, 5.41) is 0. The Morgan fingerprint density at radius 1 is 1.38 bits per heavy atom. The minimum atomic E-state index is -0.355. The van der Waals surface area contributed by atoms with Crippen LogP contribution in [-0.4, -0.2) is 11.6 Å². The highest BCUT2D eigenvalue weighted by Gasteiger charge is 2.37. The summed E-state index contributed by atoms with van der Waals surface area (Å²) in [6.07, 6.45) is 4.45. The molecule has 0 aromatic rings. The van der Waals surface area contributed by atoms with Gasteiger partial charge in [0, 0.05) is 5.41 Å². The maximum atomic E-state index is 11.4. The summed E-state index contributed by atoms with van der Waals surface area (Å²) in [7, 11) is 0. The van der Waals surface area contributed by atoms with Crippen LogP contribution in [0.4, 0.5) is 0 Å². The highest BCUT2D eigenvalue weighted by molar-refractivity contribution is 5.92. The molecule has 2 nitrogen and oxygen atoms in total. The Morgan fingerprint density at radius 3 is 2.46 bits per heavy atom. The Bertz CT molecular complexity index is 276. The molecule has 0 heterocycles. The first kappa shape index (κ1) is 10.2. The van der Waals surface area contributed by atoms with Crippen LogP contribution in [0.5, 0.6) is 0 Å². The lowest BCUT2D eigenvalue weighted by Gasteiger charge is -2.21. The molecule has 0 amide bonds. The maximum absolute atomic E-state index is 11.4. The summed E-state index contributed by atoms with van der Waals surface area (Å²) in [6.45, 7) is 5.09. The van der Waals surface area contributed by atoms with Crippen LogP contribution >= 0.6 is 0 Å². The van der Waals surface area contributed by atoms with Crippen LogP contribution in [0.2, 0.25) is 0 Å². The maximum Gasteiger partial charge on any atom is 0.152 e. The van der Waals surface area contributed by atoms with Crippen molar-refractivity contribution in [2.45, 2.75) is 40.0 Å². The van der Waals surface area contributed by atoms with Crippen LogP contribution in [0.15, 0.2) is 11.6 Å². The number of allylic oxidation sites excluding steroid dienone is 2. The molecule has 0 N–H and O–H groups in total. The van der Waals surface area contributed by atoms with Gasteiger partial charge in [-0.25, -0.2) is 0 Å². The SMILES string of the molecule is CC(=O)/C=C1/CCCC1(C)C(C)=O. The van der Waals surface area contributed by atoms with Crippen LogP contribution in [0.1, 0.15) is 40.0 Å². The second-order valence-electron chi connectivity index (χ2n) is 4.02. The third kappa shape index (κ3) is 1.87. The van der Waals surface area contributed by atoms with E-state index in [0.717, 1.165) is 24.8 Å². The van der Waals surface area contributed by atoms with Gasteiger partial charge >= 0.3 is 0 Å². The van der Waals surface area contributed by atoms with Crippen molar-refractivity contribution in [3.8, 4) is 0 Å². The van der Waals surface area contributed by atoms with E-state index < -0.39 is 0 Å². The van der Waals surface area contributed by atoms with Crippen molar-refractivity contribution >= 4 is 11.6 Å². The van der Waals surface area contributed by atoms with Crippen molar-refractivity contribution in [1.29, 1.82) is 0 Å². The molecule has 1 aliphatic carbocycles. The predicted molar refractivity (Wildman–Crippen MR) is 51.4 cm³/mol. The van der Waals surface area contributed by atoms with Gasteiger partial charge in [-0.15, -0.1) is 0 Å². The molecule has 0 saturated heterocycles. The summed E-state index contributed by atoms with van der Waals surface area (Å²) in [5.41, 5.74) is 0.665. The average Bonchev–Trinajstić information content (AvgIpc) is 2.33. The number of ketones is 2. The first-order valence-electron chi connectivity index (χ1n) is 4.69. The van der Waals surface area contributed by atoms with Gasteiger partial charge in [0.05, 0.1) is 0 Å². The van der Waals surface area contributed by atoms with Gasteiger partial charge in [0.25, 0.3) is 0 Å². The molecule has 1 aliphatic rings. The smallest absolute Gasteiger partial charge is 0.152 e. The summed E-state index contributed by atoms with van der Waals surface area (Å²) < 4.78 is 0. The van der Waals surface area contributed by atoms with Crippen molar-refractivity contribution in [3.05, 3.63) is 11.6 Å². The van der Waals surface area contributed by atoms with E-state index in [9.17, 15) is 9.59 Å².